The molecule has 29 heavy (non-hydrogen) atoms. The molecule has 150 valence electrons. The summed E-state index contributed by atoms with van der Waals surface area (Å²) in [5.41, 5.74) is 1.79. The third-order valence-corrected chi connectivity index (χ3v) is 5.25. The Hall–Kier alpha value is -3.05. The first-order valence-corrected chi connectivity index (χ1v) is 10.2. The van der Waals surface area contributed by atoms with Crippen molar-refractivity contribution < 1.29 is 24.0 Å². The van der Waals surface area contributed by atoms with Gasteiger partial charge in [-0.05, 0) is 31.0 Å². The van der Waals surface area contributed by atoms with Gasteiger partial charge in [0.1, 0.15) is 23.6 Å². The number of fused-ring (bicyclic) bond motifs is 2. The van der Waals surface area contributed by atoms with Crippen molar-refractivity contribution in [3.8, 4) is 11.5 Å². The first kappa shape index (κ1) is 19.3. The zero-order valence-corrected chi connectivity index (χ0v) is 16.8. The lowest BCUT2D eigenvalue weighted by atomic mass is 10.0. The van der Waals surface area contributed by atoms with Crippen LogP contribution in [0.15, 0.2) is 52.6 Å². The number of benzene rings is 2. The summed E-state index contributed by atoms with van der Waals surface area (Å²) in [7, 11) is 0. The van der Waals surface area contributed by atoms with Crippen molar-refractivity contribution in [1.29, 1.82) is 0 Å². The van der Waals surface area contributed by atoms with Gasteiger partial charge in [-0.25, -0.2) is 0 Å². The average molecular weight is 391 g/mol. The molecule has 4 rings (SSSR count). The number of carbonyl (C=O) groups excluding carboxylic acids is 1. The Morgan fingerprint density at radius 2 is 1.83 bits per heavy atom. The van der Waals surface area contributed by atoms with Gasteiger partial charge in [-0.1, -0.05) is 43.9 Å². The Morgan fingerprint density at radius 3 is 2.55 bits per heavy atom. The van der Waals surface area contributed by atoms with Crippen molar-refractivity contribution in [1.82, 2.24) is 0 Å². The molecule has 5 heteroatoms. The fourth-order valence-electron chi connectivity index (χ4n) is 3.92. The van der Waals surface area contributed by atoms with Crippen molar-refractivity contribution >= 4 is 22.8 Å². The van der Waals surface area contributed by atoms with Crippen LogP contribution in [0.2, 0.25) is 0 Å². The standard InChI is InChI=1S/C24H25NO4/c1-3-11-25(12-4-2)15-19-20(26)10-9-18-23(27)22(29-24(18)19)14-17-13-16-7-5-6-8-21(16)28-17/h5-10,13-14,26H,3-4,11-12,15H2,1-2H3/b22-14+. The first-order valence-electron chi connectivity index (χ1n) is 10.2. The molecule has 0 atom stereocenters. The topological polar surface area (TPSA) is 66.9 Å². The van der Waals surface area contributed by atoms with Gasteiger partial charge in [0.05, 0.1) is 18.7 Å². The van der Waals surface area contributed by atoms with Crippen LogP contribution in [0.4, 0.5) is 0 Å². The molecule has 0 bridgehead atoms. The minimum Gasteiger partial charge on any atom is -0.872 e. The molecule has 1 aromatic heterocycles. The average Bonchev–Trinajstić information content (AvgIpc) is 3.25. The molecule has 1 aliphatic heterocycles. The molecule has 2 heterocycles. The number of nitrogens with one attached hydrogen (secondary N) is 1. The van der Waals surface area contributed by atoms with Crippen LogP contribution in [0.5, 0.6) is 11.5 Å². The van der Waals surface area contributed by atoms with Crippen LogP contribution in [0.3, 0.4) is 0 Å². The highest BCUT2D eigenvalue weighted by atomic mass is 16.5. The van der Waals surface area contributed by atoms with E-state index in [0.29, 0.717) is 29.2 Å². The summed E-state index contributed by atoms with van der Waals surface area (Å²) in [5.74, 6) is 0.865. The molecular weight excluding hydrogens is 366 g/mol. The monoisotopic (exact) mass is 391 g/mol. The van der Waals surface area contributed by atoms with Crippen molar-refractivity contribution in [2.24, 2.45) is 0 Å². The molecule has 0 unspecified atom stereocenters. The second kappa shape index (κ2) is 8.13. The van der Waals surface area contributed by atoms with E-state index in [1.165, 1.54) is 11.0 Å². The van der Waals surface area contributed by atoms with Crippen molar-refractivity contribution in [2.45, 2.75) is 33.2 Å². The predicted molar refractivity (Wildman–Crippen MR) is 110 cm³/mol. The molecule has 0 aliphatic carbocycles. The summed E-state index contributed by atoms with van der Waals surface area (Å²) >= 11 is 0. The number of ketones is 1. The Morgan fingerprint density at radius 1 is 1.07 bits per heavy atom. The number of Topliss-reactive ketones (excluding diaryl/α,β-unsaturated/α-hetero) is 1. The maximum Gasteiger partial charge on any atom is 0.232 e. The highest BCUT2D eigenvalue weighted by Gasteiger charge is 2.31. The predicted octanol–water partition coefficient (Wildman–Crippen LogP) is 3.33. The number of rotatable bonds is 7. The molecule has 3 aromatic rings. The lowest BCUT2D eigenvalue weighted by Gasteiger charge is -2.23. The zero-order valence-electron chi connectivity index (χ0n) is 16.8. The molecule has 5 nitrogen and oxygen atoms in total. The fourth-order valence-corrected chi connectivity index (χ4v) is 3.92. The van der Waals surface area contributed by atoms with E-state index in [9.17, 15) is 9.90 Å². The van der Waals surface area contributed by atoms with Gasteiger partial charge in [-0.3, -0.25) is 4.79 Å². The van der Waals surface area contributed by atoms with E-state index in [4.69, 9.17) is 9.15 Å². The van der Waals surface area contributed by atoms with E-state index in [-0.39, 0.29) is 17.3 Å². The van der Waals surface area contributed by atoms with Crippen LogP contribution in [0.1, 0.15) is 48.4 Å². The maximum atomic E-state index is 12.9. The molecule has 0 saturated heterocycles. The molecule has 0 amide bonds. The Kier molecular flexibility index (Phi) is 5.41. The SMILES string of the molecule is CCC[NH+](CCC)Cc1c([O-])ccc2c1O/C(=C/c1cc3ccccc3o1)C2=O. The fraction of sp³-hybridized carbons (Fsp3) is 0.292. The van der Waals surface area contributed by atoms with Gasteiger partial charge < -0.3 is 19.2 Å². The Bertz CT molecular complexity index is 1040. The number of para-hydroxylation sites is 1. The summed E-state index contributed by atoms with van der Waals surface area (Å²) < 4.78 is 11.7. The van der Waals surface area contributed by atoms with E-state index < -0.39 is 0 Å². The normalized spacial score (nSPS) is 14.7. The number of quaternary nitrogens is 1. The van der Waals surface area contributed by atoms with Crippen LogP contribution in [0.25, 0.3) is 17.0 Å². The zero-order chi connectivity index (χ0) is 20.4. The van der Waals surface area contributed by atoms with E-state index in [1.807, 2.05) is 30.3 Å². The molecule has 0 fully saturated rings. The van der Waals surface area contributed by atoms with Crippen LogP contribution in [-0.2, 0) is 6.54 Å². The number of hydrogen-bond acceptors (Lipinski definition) is 4. The minimum atomic E-state index is -0.214. The van der Waals surface area contributed by atoms with Gasteiger partial charge in [0.15, 0.2) is 5.76 Å². The van der Waals surface area contributed by atoms with E-state index >= 15 is 0 Å². The quantitative estimate of drug-likeness (QED) is 0.628. The molecule has 0 spiro atoms. The Labute approximate surface area is 170 Å². The van der Waals surface area contributed by atoms with Gasteiger partial charge in [-0.15, -0.1) is 0 Å². The second-order valence-corrected chi connectivity index (χ2v) is 7.47. The summed E-state index contributed by atoms with van der Waals surface area (Å²) in [4.78, 5) is 14.2. The third-order valence-electron chi connectivity index (χ3n) is 5.25. The number of furan rings is 1. The molecular formula is C24H25NO4. The van der Waals surface area contributed by atoms with Gasteiger partial charge in [0.2, 0.25) is 5.78 Å². The lowest BCUT2D eigenvalue weighted by molar-refractivity contribution is -0.914. The highest BCUT2D eigenvalue weighted by molar-refractivity contribution is 6.14. The van der Waals surface area contributed by atoms with Crippen molar-refractivity contribution in [3.05, 3.63) is 65.1 Å². The number of hydrogen-bond donors (Lipinski definition) is 1. The van der Waals surface area contributed by atoms with Crippen molar-refractivity contribution in [3.63, 3.8) is 0 Å². The van der Waals surface area contributed by atoms with Crippen LogP contribution >= 0.6 is 0 Å². The number of carbonyl (C=O) groups is 1. The van der Waals surface area contributed by atoms with Crippen LogP contribution in [-0.4, -0.2) is 18.9 Å². The largest absolute Gasteiger partial charge is 0.872 e. The molecule has 1 aliphatic rings. The van der Waals surface area contributed by atoms with E-state index in [0.717, 1.165) is 36.9 Å². The highest BCUT2D eigenvalue weighted by Crippen LogP contribution is 2.38. The molecule has 0 saturated carbocycles. The van der Waals surface area contributed by atoms with Crippen LogP contribution < -0.4 is 14.7 Å². The van der Waals surface area contributed by atoms with Gasteiger partial charge >= 0.3 is 0 Å². The van der Waals surface area contributed by atoms with Gasteiger partial charge in [-0.2, -0.15) is 0 Å². The third kappa shape index (κ3) is 3.78. The number of ether oxygens (including phenoxy) is 1. The number of allylic oxidation sites excluding steroid dienone is 1. The summed E-state index contributed by atoms with van der Waals surface area (Å²) in [5, 5.41) is 13.5. The first-order chi connectivity index (χ1) is 14.1. The Balaban J connectivity index is 1.66. The second-order valence-electron chi connectivity index (χ2n) is 7.47. The smallest absolute Gasteiger partial charge is 0.232 e. The van der Waals surface area contributed by atoms with E-state index in [2.05, 4.69) is 13.8 Å². The molecule has 0 radical (unpaired) electrons. The molecule has 2 aromatic carbocycles. The van der Waals surface area contributed by atoms with E-state index in [1.54, 1.807) is 12.1 Å². The molecule has 1 N–H and O–H groups in total. The minimum absolute atomic E-state index is 0.0776. The lowest BCUT2D eigenvalue weighted by Crippen LogP contribution is -3.10. The van der Waals surface area contributed by atoms with Gasteiger partial charge in [0.25, 0.3) is 0 Å². The van der Waals surface area contributed by atoms with Crippen LogP contribution in [0, 0.1) is 0 Å². The summed E-state index contributed by atoms with van der Waals surface area (Å²) in [6.07, 6.45) is 3.68. The van der Waals surface area contributed by atoms with Crippen molar-refractivity contribution in [2.75, 3.05) is 13.1 Å². The maximum absolute atomic E-state index is 12.9. The summed E-state index contributed by atoms with van der Waals surface area (Å²) in [6, 6.07) is 12.6. The summed E-state index contributed by atoms with van der Waals surface area (Å²) in [6.45, 7) is 6.79. The van der Waals surface area contributed by atoms with Gasteiger partial charge in [0, 0.05) is 17.0 Å².